The number of hydrogen-bond donors (Lipinski definition) is 1. The zero-order valence-corrected chi connectivity index (χ0v) is 22.3. The lowest BCUT2D eigenvalue weighted by Gasteiger charge is -2.25. The van der Waals surface area contributed by atoms with Crippen molar-refractivity contribution in [3.8, 4) is 11.5 Å². The normalized spacial score (nSPS) is 11.1. The summed E-state index contributed by atoms with van der Waals surface area (Å²) in [6.45, 7) is 5.53. The van der Waals surface area contributed by atoms with E-state index in [4.69, 9.17) is 9.47 Å². The van der Waals surface area contributed by atoms with E-state index in [1.807, 2.05) is 44.2 Å². The fourth-order valence-electron chi connectivity index (χ4n) is 3.98. The molecule has 0 saturated heterocycles. The van der Waals surface area contributed by atoms with Crippen LogP contribution in [0.4, 0.5) is 11.4 Å². The van der Waals surface area contributed by atoms with E-state index in [1.165, 1.54) is 38.0 Å². The van der Waals surface area contributed by atoms with Crippen LogP contribution in [0, 0.1) is 13.8 Å². The van der Waals surface area contributed by atoms with Crippen molar-refractivity contribution in [1.29, 1.82) is 0 Å². The summed E-state index contributed by atoms with van der Waals surface area (Å²) in [5, 5.41) is 2.83. The molecular formula is C28H34N2O5S. The first-order valence-corrected chi connectivity index (χ1v) is 13.3. The SMILES string of the molecule is CCCCc1ccc(NC(=O)CN(c2cc(C)cc(C)c2)S(=O)(=O)c2ccc(OC)c(OC)c2)cc1. The lowest BCUT2D eigenvalue weighted by atomic mass is 10.1. The Morgan fingerprint density at radius 2 is 1.53 bits per heavy atom. The molecule has 0 spiro atoms. The zero-order valence-electron chi connectivity index (χ0n) is 21.5. The van der Waals surface area contributed by atoms with Gasteiger partial charge in [-0.15, -0.1) is 0 Å². The maximum atomic E-state index is 13.8. The topological polar surface area (TPSA) is 84.9 Å². The van der Waals surface area contributed by atoms with E-state index in [2.05, 4.69) is 12.2 Å². The van der Waals surface area contributed by atoms with Gasteiger partial charge in [-0.2, -0.15) is 0 Å². The van der Waals surface area contributed by atoms with Gasteiger partial charge in [0.15, 0.2) is 11.5 Å². The monoisotopic (exact) mass is 510 g/mol. The molecule has 3 aromatic carbocycles. The van der Waals surface area contributed by atoms with Crippen molar-refractivity contribution >= 4 is 27.3 Å². The van der Waals surface area contributed by atoms with Gasteiger partial charge in [0.25, 0.3) is 10.0 Å². The molecule has 0 unspecified atom stereocenters. The van der Waals surface area contributed by atoms with Gasteiger partial charge in [-0.25, -0.2) is 8.42 Å². The summed E-state index contributed by atoms with van der Waals surface area (Å²) in [6, 6.07) is 17.5. The number of sulfonamides is 1. The second-order valence-electron chi connectivity index (χ2n) is 8.72. The van der Waals surface area contributed by atoms with Crippen LogP contribution in [-0.2, 0) is 21.2 Å². The van der Waals surface area contributed by atoms with Gasteiger partial charge in [0.2, 0.25) is 5.91 Å². The minimum absolute atomic E-state index is 0.00705. The van der Waals surface area contributed by atoms with Crippen molar-refractivity contribution in [1.82, 2.24) is 0 Å². The lowest BCUT2D eigenvalue weighted by Crippen LogP contribution is -2.38. The van der Waals surface area contributed by atoms with E-state index in [9.17, 15) is 13.2 Å². The molecule has 0 fully saturated rings. The Labute approximate surface area is 214 Å². The van der Waals surface area contributed by atoms with Crippen LogP contribution in [0.3, 0.4) is 0 Å². The van der Waals surface area contributed by atoms with Crippen LogP contribution in [0.25, 0.3) is 0 Å². The summed E-state index contributed by atoms with van der Waals surface area (Å²) in [5.41, 5.74) is 4.00. The average Bonchev–Trinajstić information content (AvgIpc) is 2.85. The van der Waals surface area contributed by atoms with E-state index < -0.39 is 22.5 Å². The predicted molar refractivity (Wildman–Crippen MR) is 144 cm³/mol. The minimum Gasteiger partial charge on any atom is -0.493 e. The number of methoxy groups -OCH3 is 2. The highest BCUT2D eigenvalue weighted by atomic mass is 32.2. The number of aryl methyl sites for hydroxylation is 3. The number of nitrogens with zero attached hydrogens (tertiary/aromatic N) is 1. The smallest absolute Gasteiger partial charge is 0.264 e. The fourth-order valence-corrected chi connectivity index (χ4v) is 5.40. The highest BCUT2D eigenvalue weighted by molar-refractivity contribution is 7.92. The summed E-state index contributed by atoms with van der Waals surface area (Å²) < 4.78 is 39.3. The Hall–Kier alpha value is -3.52. The van der Waals surface area contributed by atoms with Crippen LogP contribution in [0.2, 0.25) is 0 Å². The number of rotatable bonds is 11. The summed E-state index contributed by atoms with van der Waals surface area (Å²) in [7, 11) is -1.19. The maximum Gasteiger partial charge on any atom is 0.264 e. The standard InChI is InChI=1S/C28H34N2O5S/c1-6-7-8-22-9-11-23(12-10-22)29-28(31)19-30(24-16-20(2)15-21(3)17-24)36(32,33)25-13-14-26(34-4)27(18-25)35-5/h9-18H,6-8,19H2,1-5H3,(H,29,31). The van der Waals surface area contributed by atoms with E-state index in [0.717, 1.165) is 34.7 Å². The predicted octanol–water partition coefficient (Wildman–Crippen LogP) is 5.50. The average molecular weight is 511 g/mol. The molecule has 1 amide bonds. The number of anilines is 2. The van der Waals surface area contributed by atoms with Crippen molar-refractivity contribution in [2.24, 2.45) is 0 Å². The first kappa shape index (κ1) is 27.1. The molecule has 0 radical (unpaired) electrons. The molecule has 8 heteroatoms. The van der Waals surface area contributed by atoms with Gasteiger partial charge in [-0.3, -0.25) is 9.10 Å². The number of amides is 1. The Kier molecular flexibility index (Phi) is 8.98. The van der Waals surface area contributed by atoms with Crippen LogP contribution in [0.5, 0.6) is 11.5 Å². The van der Waals surface area contributed by atoms with Gasteiger partial charge in [-0.1, -0.05) is 31.5 Å². The molecule has 0 atom stereocenters. The van der Waals surface area contributed by atoms with Gasteiger partial charge in [-0.05, 0) is 79.8 Å². The Morgan fingerprint density at radius 3 is 2.11 bits per heavy atom. The molecule has 0 aromatic heterocycles. The number of unbranched alkanes of at least 4 members (excludes halogenated alkanes) is 1. The molecule has 36 heavy (non-hydrogen) atoms. The molecule has 192 valence electrons. The number of benzene rings is 3. The highest BCUT2D eigenvalue weighted by Gasteiger charge is 2.29. The van der Waals surface area contributed by atoms with Gasteiger partial charge in [0, 0.05) is 11.8 Å². The number of hydrogen-bond acceptors (Lipinski definition) is 5. The zero-order chi connectivity index (χ0) is 26.3. The van der Waals surface area contributed by atoms with Crippen molar-refractivity contribution < 1.29 is 22.7 Å². The van der Waals surface area contributed by atoms with Crippen LogP contribution in [0.15, 0.2) is 65.6 Å². The summed E-state index contributed by atoms with van der Waals surface area (Å²) in [5.74, 6) is 0.251. The molecule has 0 bridgehead atoms. The van der Waals surface area contributed by atoms with E-state index in [0.29, 0.717) is 17.1 Å². The molecule has 7 nitrogen and oxygen atoms in total. The van der Waals surface area contributed by atoms with Crippen molar-refractivity contribution in [3.63, 3.8) is 0 Å². The van der Waals surface area contributed by atoms with Gasteiger partial charge in [0.05, 0.1) is 24.8 Å². The van der Waals surface area contributed by atoms with Gasteiger partial charge in [0.1, 0.15) is 6.54 Å². The van der Waals surface area contributed by atoms with E-state index in [-0.39, 0.29) is 10.6 Å². The quantitative estimate of drug-likeness (QED) is 0.368. The fraction of sp³-hybridized carbons (Fsp3) is 0.321. The Morgan fingerprint density at radius 1 is 0.889 bits per heavy atom. The first-order chi connectivity index (χ1) is 17.2. The molecular weight excluding hydrogens is 476 g/mol. The molecule has 3 aromatic rings. The molecule has 1 N–H and O–H groups in total. The second kappa shape index (κ2) is 11.9. The van der Waals surface area contributed by atoms with Crippen LogP contribution in [0.1, 0.15) is 36.5 Å². The number of carbonyl (C=O) groups excluding carboxylic acids is 1. The Balaban J connectivity index is 1.93. The third-order valence-corrected chi connectivity index (χ3v) is 7.55. The number of carbonyl (C=O) groups is 1. The van der Waals surface area contributed by atoms with E-state index in [1.54, 1.807) is 12.1 Å². The van der Waals surface area contributed by atoms with Gasteiger partial charge >= 0.3 is 0 Å². The molecule has 0 heterocycles. The highest BCUT2D eigenvalue weighted by Crippen LogP contribution is 2.32. The van der Waals surface area contributed by atoms with Crippen LogP contribution < -0.4 is 19.1 Å². The van der Waals surface area contributed by atoms with Crippen molar-refractivity contribution in [3.05, 3.63) is 77.4 Å². The third-order valence-electron chi connectivity index (χ3n) is 5.78. The number of nitrogens with one attached hydrogen (secondary N) is 1. The third kappa shape index (κ3) is 6.57. The van der Waals surface area contributed by atoms with Crippen LogP contribution in [-0.4, -0.2) is 35.1 Å². The summed E-state index contributed by atoms with van der Waals surface area (Å²) in [6.07, 6.45) is 3.20. The second-order valence-corrected chi connectivity index (χ2v) is 10.6. The van der Waals surface area contributed by atoms with Crippen LogP contribution >= 0.6 is 0 Å². The van der Waals surface area contributed by atoms with Gasteiger partial charge < -0.3 is 14.8 Å². The minimum atomic E-state index is -4.11. The lowest BCUT2D eigenvalue weighted by molar-refractivity contribution is -0.114. The number of ether oxygens (including phenoxy) is 2. The molecule has 0 aliphatic rings. The summed E-state index contributed by atoms with van der Waals surface area (Å²) in [4.78, 5) is 13.1. The molecule has 0 aliphatic heterocycles. The molecule has 0 saturated carbocycles. The molecule has 0 aliphatic carbocycles. The largest absolute Gasteiger partial charge is 0.493 e. The summed E-state index contributed by atoms with van der Waals surface area (Å²) >= 11 is 0. The molecule has 3 rings (SSSR count). The first-order valence-electron chi connectivity index (χ1n) is 11.9. The van der Waals surface area contributed by atoms with E-state index >= 15 is 0 Å². The van der Waals surface area contributed by atoms with Crippen molar-refractivity contribution in [2.75, 3.05) is 30.4 Å². The Bertz CT molecular complexity index is 1280. The maximum absolute atomic E-state index is 13.8. The van der Waals surface area contributed by atoms with Crippen molar-refractivity contribution in [2.45, 2.75) is 44.9 Å².